The van der Waals surface area contributed by atoms with Gasteiger partial charge in [-0.2, -0.15) is 5.26 Å². The second-order valence-electron chi connectivity index (χ2n) is 3.54. The maximum atomic E-state index is 13.0. The van der Waals surface area contributed by atoms with Gasteiger partial charge >= 0.3 is 5.97 Å². The van der Waals surface area contributed by atoms with Crippen LogP contribution in [0.3, 0.4) is 0 Å². The monoisotopic (exact) mass is 250 g/mol. The zero-order valence-electron chi connectivity index (χ0n) is 9.47. The first-order valence-corrected chi connectivity index (χ1v) is 5.18. The number of benzene rings is 1. The fraction of sp³-hybridized carbons (Fsp3) is 0.250. The fourth-order valence-corrected chi connectivity index (χ4v) is 1.40. The number of hydrogen-bond donors (Lipinski definition) is 1. The Kier molecular flexibility index (Phi) is 4.81. The number of amides is 1. The van der Waals surface area contributed by atoms with Gasteiger partial charge in [0.2, 0.25) is 0 Å². The SMILES string of the molecule is N#CCCN(CC(=O)O)C(=O)c1cccc(F)c1. The Bertz CT molecular complexity index is 496. The van der Waals surface area contributed by atoms with Crippen molar-refractivity contribution in [1.29, 1.82) is 5.26 Å². The fourth-order valence-electron chi connectivity index (χ4n) is 1.40. The summed E-state index contributed by atoms with van der Waals surface area (Å²) in [5.41, 5.74) is 0.0641. The van der Waals surface area contributed by atoms with Gasteiger partial charge in [0.05, 0.1) is 12.5 Å². The first kappa shape index (κ1) is 13.6. The molecule has 0 heterocycles. The van der Waals surface area contributed by atoms with Crippen molar-refractivity contribution in [2.24, 2.45) is 0 Å². The molecule has 1 rings (SSSR count). The largest absolute Gasteiger partial charge is 0.480 e. The smallest absolute Gasteiger partial charge is 0.323 e. The Morgan fingerprint density at radius 3 is 2.72 bits per heavy atom. The number of rotatable bonds is 5. The lowest BCUT2D eigenvalue weighted by Gasteiger charge is -2.19. The van der Waals surface area contributed by atoms with Crippen LogP contribution in [0.25, 0.3) is 0 Å². The number of carbonyl (C=O) groups is 2. The van der Waals surface area contributed by atoms with Crippen molar-refractivity contribution >= 4 is 11.9 Å². The van der Waals surface area contributed by atoms with Crippen LogP contribution in [0.1, 0.15) is 16.8 Å². The third-order valence-corrected chi connectivity index (χ3v) is 2.18. The molecule has 0 spiro atoms. The van der Waals surface area contributed by atoms with Gasteiger partial charge in [0.15, 0.2) is 0 Å². The molecule has 1 aromatic carbocycles. The van der Waals surface area contributed by atoms with Crippen molar-refractivity contribution in [1.82, 2.24) is 4.90 Å². The lowest BCUT2D eigenvalue weighted by molar-refractivity contribution is -0.137. The number of halogens is 1. The molecule has 0 aliphatic carbocycles. The predicted octanol–water partition coefficient (Wildman–Crippen LogP) is 1.27. The summed E-state index contributed by atoms with van der Waals surface area (Å²) >= 11 is 0. The van der Waals surface area contributed by atoms with E-state index in [9.17, 15) is 14.0 Å². The number of nitrogens with zero attached hydrogens (tertiary/aromatic N) is 2. The number of carboxylic acids is 1. The van der Waals surface area contributed by atoms with E-state index in [-0.39, 0.29) is 18.5 Å². The van der Waals surface area contributed by atoms with Crippen LogP contribution in [0.4, 0.5) is 4.39 Å². The van der Waals surface area contributed by atoms with Crippen molar-refractivity contribution in [3.05, 3.63) is 35.6 Å². The van der Waals surface area contributed by atoms with E-state index in [1.165, 1.54) is 18.2 Å². The van der Waals surface area contributed by atoms with Gasteiger partial charge in [-0.1, -0.05) is 6.07 Å². The summed E-state index contributed by atoms with van der Waals surface area (Å²) in [4.78, 5) is 23.5. The maximum absolute atomic E-state index is 13.0. The summed E-state index contributed by atoms with van der Waals surface area (Å²) in [6, 6.07) is 6.81. The van der Waals surface area contributed by atoms with Gasteiger partial charge in [-0.15, -0.1) is 0 Å². The Morgan fingerprint density at radius 2 is 2.17 bits per heavy atom. The summed E-state index contributed by atoms with van der Waals surface area (Å²) in [5.74, 6) is -2.36. The third-order valence-electron chi connectivity index (χ3n) is 2.18. The molecule has 94 valence electrons. The van der Waals surface area contributed by atoms with Gasteiger partial charge in [0.25, 0.3) is 5.91 Å². The molecule has 0 aliphatic heterocycles. The summed E-state index contributed by atoms with van der Waals surface area (Å²) < 4.78 is 13.0. The van der Waals surface area contributed by atoms with E-state index in [4.69, 9.17) is 10.4 Å². The van der Waals surface area contributed by atoms with E-state index in [0.29, 0.717) is 0 Å². The second-order valence-corrected chi connectivity index (χ2v) is 3.54. The Balaban J connectivity index is 2.87. The molecule has 1 N–H and O–H groups in total. The Morgan fingerprint density at radius 1 is 1.44 bits per heavy atom. The molecule has 1 amide bonds. The molecule has 0 radical (unpaired) electrons. The van der Waals surface area contributed by atoms with Gasteiger partial charge < -0.3 is 10.0 Å². The van der Waals surface area contributed by atoms with Crippen LogP contribution in [0.2, 0.25) is 0 Å². The number of hydrogen-bond acceptors (Lipinski definition) is 3. The number of carbonyl (C=O) groups excluding carboxylic acids is 1. The molecular formula is C12H11FN2O3. The normalized spacial score (nSPS) is 9.56. The van der Waals surface area contributed by atoms with Gasteiger partial charge in [0.1, 0.15) is 12.4 Å². The van der Waals surface area contributed by atoms with E-state index >= 15 is 0 Å². The van der Waals surface area contributed by atoms with Crippen molar-refractivity contribution in [3.63, 3.8) is 0 Å². The molecule has 6 heteroatoms. The molecule has 0 bridgehead atoms. The highest BCUT2D eigenvalue weighted by atomic mass is 19.1. The van der Waals surface area contributed by atoms with E-state index in [0.717, 1.165) is 11.0 Å². The van der Waals surface area contributed by atoms with Crippen LogP contribution in [-0.2, 0) is 4.79 Å². The van der Waals surface area contributed by atoms with E-state index < -0.39 is 24.2 Å². The van der Waals surface area contributed by atoms with Crippen LogP contribution in [0.15, 0.2) is 24.3 Å². The molecule has 5 nitrogen and oxygen atoms in total. The third kappa shape index (κ3) is 3.87. The zero-order valence-corrected chi connectivity index (χ0v) is 9.47. The van der Waals surface area contributed by atoms with Gasteiger partial charge in [-0.25, -0.2) is 4.39 Å². The predicted molar refractivity (Wildman–Crippen MR) is 60.2 cm³/mol. The van der Waals surface area contributed by atoms with E-state index in [1.807, 2.05) is 6.07 Å². The number of nitriles is 1. The molecule has 1 aromatic rings. The Labute approximate surface area is 103 Å². The van der Waals surface area contributed by atoms with Crippen molar-refractivity contribution in [2.75, 3.05) is 13.1 Å². The van der Waals surface area contributed by atoms with E-state index in [1.54, 1.807) is 0 Å². The van der Waals surface area contributed by atoms with Gasteiger partial charge in [-0.05, 0) is 18.2 Å². The summed E-state index contributed by atoms with van der Waals surface area (Å²) in [6.07, 6.45) is 0.0222. The van der Waals surface area contributed by atoms with Crippen LogP contribution in [0, 0.1) is 17.1 Å². The molecule has 18 heavy (non-hydrogen) atoms. The van der Waals surface area contributed by atoms with Crippen LogP contribution in [0.5, 0.6) is 0 Å². The summed E-state index contributed by atoms with van der Waals surface area (Å²) in [5, 5.41) is 17.1. The Hall–Kier alpha value is -2.42. The minimum Gasteiger partial charge on any atom is -0.480 e. The zero-order chi connectivity index (χ0) is 13.5. The maximum Gasteiger partial charge on any atom is 0.323 e. The van der Waals surface area contributed by atoms with Crippen molar-refractivity contribution in [2.45, 2.75) is 6.42 Å². The molecule has 0 saturated carbocycles. The quantitative estimate of drug-likeness (QED) is 0.853. The first-order valence-electron chi connectivity index (χ1n) is 5.18. The molecule has 0 aromatic heterocycles. The topological polar surface area (TPSA) is 81.4 Å². The molecule has 0 atom stereocenters. The summed E-state index contributed by atoms with van der Waals surface area (Å²) in [7, 11) is 0. The minimum atomic E-state index is -1.18. The van der Waals surface area contributed by atoms with Crippen molar-refractivity contribution < 1.29 is 19.1 Å². The molecule has 0 saturated heterocycles. The lowest BCUT2D eigenvalue weighted by Crippen LogP contribution is -2.36. The molecular weight excluding hydrogens is 239 g/mol. The molecule has 0 aliphatic rings. The molecule has 0 fully saturated rings. The second kappa shape index (κ2) is 6.35. The van der Waals surface area contributed by atoms with E-state index in [2.05, 4.69) is 0 Å². The van der Waals surface area contributed by atoms with Crippen molar-refractivity contribution in [3.8, 4) is 6.07 Å². The highest BCUT2D eigenvalue weighted by Gasteiger charge is 2.18. The highest BCUT2D eigenvalue weighted by molar-refractivity contribution is 5.95. The average molecular weight is 250 g/mol. The number of carboxylic acid groups (broad SMARTS) is 1. The first-order chi connectivity index (χ1) is 8.54. The van der Waals surface area contributed by atoms with Crippen LogP contribution in [-0.4, -0.2) is 35.0 Å². The minimum absolute atomic E-state index is 0.00184. The summed E-state index contributed by atoms with van der Waals surface area (Å²) in [6.45, 7) is -0.519. The number of aliphatic carboxylic acids is 1. The molecule has 0 unspecified atom stereocenters. The van der Waals surface area contributed by atoms with Crippen LogP contribution >= 0.6 is 0 Å². The average Bonchev–Trinajstić information content (AvgIpc) is 2.33. The lowest BCUT2D eigenvalue weighted by atomic mass is 10.2. The van der Waals surface area contributed by atoms with Crippen LogP contribution < -0.4 is 0 Å². The van der Waals surface area contributed by atoms with Gasteiger partial charge in [-0.3, -0.25) is 9.59 Å². The van der Waals surface area contributed by atoms with Gasteiger partial charge in [0, 0.05) is 12.1 Å². The highest BCUT2D eigenvalue weighted by Crippen LogP contribution is 2.08. The standard InChI is InChI=1S/C12H11FN2O3/c13-10-4-1-3-9(7-10)12(18)15(6-2-5-14)8-11(16)17/h1,3-4,7H,2,6,8H2,(H,16,17).